The van der Waals surface area contributed by atoms with Crippen LogP contribution in [0, 0.1) is 6.92 Å². The fourth-order valence-electron chi connectivity index (χ4n) is 3.91. The molecule has 4 amide bonds. The Balaban J connectivity index is 1.25. The molecule has 3 aromatic rings. The highest BCUT2D eigenvalue weighted by atomic mass is 32.1. The molecule has 0 saturated carbocycles. The summed E-state index contributed by atoms with van der Waals surface area (Å²) in [5, 5.41) is 5.97. The van der Waals surface area contributed by atoms with Crippen LogP contribution in [0.3, 0.4) is 0 Å². The van der Waals surface area contributed by atoms with Crippen LogP contribution in [0.1, 0.15) is 38.9 Å². The number of anilines is 2. The summed E-state index contributed by atoms with van der Waals surface area (Å²) in [6, 6.07) is 12.0. The van der Waals surface area contributed by atoms with E-state index in [2.05, 4.69) is 15.6 Å². The molecule has 2 aromatic carbocycles. The third kappa shape index (κ3) is 3.81. The highest BCUT2D eigenvalue weighted by molar-refractivity contribution is 7.16. The van der Waals surface area contributed by atoms with Gasteiger partial charge in [-0.2, -0.15) is 0 Å². The molecule has 9 nitrogen and oxygen atoms in total. The van der Waals surface area contributed by atoms with E-state index in [9.17, 15) is 19.2 Å². The van der Waals surface area contributed by atoms with Crippen LogP contribution in [-0.2, 0) is 9.59 Å². The second kappa shape index (κ2) is 8.38. The predicted octanol–water partition coefficient (Wildman–Crippen LogP) is 3.46. The molecule has 2 aliphatic heterocycles. The van der Waals surface area contributed by atoms with Crippen molar-refractivity contribution in [1.29, 1.82) is 0 Å². The number of aryl methyl sites for hydroxylation is 1. The second-order valence-electron chi connectivity index (χ2n) is 7.99. The van der Waals surface area contributed by atoms with E-state index >= 15 is 0 Å². The van der Waals surface area contributed by atoms with E-state index in [0.29, 0.717) is 33.4 Å². The van der Waals surface area contributed by atoms with Gasteiger partial charge < -0.3 is 15.4 Å². The van der Waals surface area contributed by atoms with Crippen LogP contribution in [0.4, 0.5) is 10.8 Å². The minimum Gasteiger partial charge on any atom is -0.479 e. The topological polar surface area (TPSA) is 118 Å². The number of amides is 4. The number of hydrogen-bond donors (Lipinski definition) is 2. The third-order valence-electron chi connectivity index (χ3n) is 5.67. The van der Waals surface area contributed by atoms with Gasteiger partial charge in [0.1, 0.15) is 5.75 Å². The van der Waals surface area contributed by atoms with Gasteiger partial charge in [-0.3, -0.25) is 24.1 Å². The van der Waals surface area contributed by atoms with Crippen LogP contribution in [0.15, 0.2) is 42.5 Å². The Bertz CT molecular complexity index is 1330. The van der Waals surface area contributed by atoms with Crippen molar-refractivity contribution in [3.63, 3.8) is 0 Å². The quantitative estimate of drug-likeness (QED) is 0.545. The Labute approximate surface area is 198 Å². The predicted molar refractivity (Wildman–Crippen MR) is 126 cm³/mol. The molecule has 0 saturated heterocycles. The van der Waals surface area contributed by atoms with Crippen LogP contribution < -0.4 is 15.4 Å². The molecule has 0 bridgehead atoms. The maximum Gasteiger partial charge on any atom is 0.265 e. The number of nitrogens with one attached hydrogen (secondary N) is 2. The van der Waals surface area contributed by atoms with Gasteiger partial charge in [0.25, 0.3) is 17.7 Å². The Morgan fingerprint density at radius 1 is 1.15 bits per heavy atom. The van der Waals surface area contributed by atoms with Gasteiger partial charge in [0.2, 0.25) is 5.91 Å². The largest absolute Gasteiger partial charge is 0.479 e. The number of thiazole rings is 1. The fraction of sp³-hybridized carbons (Fsp3) is 0.208. The lowest BCUT2D eigenvalue weighted by molar-refractivity contribution is -0.122. The van der Waals surface area contributed by atoms with Gasteiger partial charge in [-0.15, -0.1) is 11.3 Å². The van der Waals surface area contributed by atoms with Gasteiger partial charge in [0.15, 0.2) is 11.2 Å². The average molecular weight is 477 g/mol. The van der Waals surface area contributed by atoms with Crippen LogP contribution in [0.2, 0.25) is 0 Å². The number of imide groups is 1. The summed E-state index contributed by atoms with van der Waals surface area (Å²) in [5.41, 5.74) is 2.73. The van der Waals surface area contributed by atoms with Gasteiger partial charge in [0, 0.05) is 23.4 Å². The van der Waals surface area contributed by atoms with Crippen molar-refractivity contribution in [3.05, 3.63) is 58.5 Å². The summed E-state index contributed by atoms with van der Waals surface area (Å²) in [4.78, 5) is 55.8. The minimum absolute atomic E-state index is 0.0155. The molecule has 1 aromatic heterocycles. The fourth-order valence-corrected chi connectivity index (χ4v) is 4.76. The van der Waals surface area contributed by atoms with Gasteiger partial charge in [-0.1, -0.05) is 12.1 Å². The third-order valence-corrected chi connectivity index (χ3v) is 6.55. The summed E-state index contributed by atoms with van der Waals surface area (Å²) >= 11 is 1.32. The first-order valence-corrected chi connectivity index (χ1v) is 11.5. The molecule has 0 aliphatic carbocycles. The van der Waals surface area contributed by atoms with Crippen LogP contribution in [0.5, 0.6) is 5.75 Å². The highest BCUT2D eigenvalue weighted by Gasteiger charge is 2.35. The molecule has 2 aliphatic rings. The van der Waals surface area contributed by atoms with Crippen molar-refractivity contribution in [2.45, 2.75) is 26.4 Å². The summed E-state index contributed by atoms with van der Waals surface area (Å²) in [5.74, 6) is -0.759. The number of hydrogen-bond acceptors (Lipinski definition) is 7. The van der Waals surface area contributed by atoms with Crippen molar-refractivity contribution in [3.8, 4) is 17.0 Å². The molecule has 172 valence electrons. The van der Waals surface area contributed by atoms with Crippen molar-refractivity contribution in [1.82, 2.24) is 9.88 Å². The van der Waals surface area contributed by atoms with Crippen LogP contribution in [-0.4, -0.2) is 46.2 Å². The normalized spacial score (nSPS) is 16.6. The number of benzene rings is 2. The first-order valence-electron chi connectivity index (χ1n) is 10.7. The van der Waals surface area contributed by atoms with Gasteiger partial charge in [-0.25, -0.2) is 4.98 Å². The highest BCUT2D eigenvalue weighted by Crippen LogP contribution is 2.37. The van der Waals surface area contributed by atoms with E-state index in [1.807, 2.05) is 13.0 Å². The summed E-state index contributed by atoms with van der Waals surface area (Å²) in [6.45, 7) is 3.55. The molecule has 0 radical (unpaired) electrons. The lowest BCUT2D eigenvalue weighted by atomic mass is 10.1. The van der Waals surface area contributed by atoms with E-state index in [4.69, 9.17) is 4.74 Å². The zero-order chi connectivity index (χ0) is 24.0. The number of rotatable bonds is 5. The molecule has 0 spiro atoms. The Hall–Kier alpha value is -4.05. The SMILES string of the molecule is Cc1sc(NC(=O)CCN2C(=O)c3ccccc3C2=O)nc1-c1ccc2c(c1)NC(=O)C(C)O2. The number of ether oxygens (including phenoxy) is 1. The zero-order valence-electron chi connectivity index (χ0n) is 18.4. The van der Waals surface area contributed by atoms with Crippen molar-refractivity contribution < 1.29 is 23.9 Å². The molecule has 2 N–H and O–H groups in total. The second-order valence-corrected chi connectivity index (χ2v) is 9.19. The van der Waals surface area contributed by atoms with E-state index in [-0.39, 0.29) is 24.8 Å². The number of aromatic nitrogens is 1. The Kier molecular flexibility index (Phi) is 5.37. The smallest absolute Gasteiger partial charge is 0.265 e. The molecular formula is C24H20N4O5S. The van der Waals surface area contributed by atoms with E-state index in [1.165, 1.54) is 11.3 Å². The molecule has 10 heteroatoms. The van der Waals surface area contributed by atoms with Crippen molar-refractivity contribution in [2.24, 2.45) is 0 Å². The zero-order valence-corrected chi connectivity index (χ0v) is 19.2. The molecule has 34 heavy (non-hydrogen) atoms. The number of fused-ring (bicyclic) bond motifs is 2. The number of nitrogens with zero attached hydrogens (tertiary/aromatic N) is 2. The maximum absolute atomic E-state index is 12.5. The van der Waals surface area contributed by atoms with E-state index in [1.54, 1.807) is 43.3 Å². The number of carbonyl (C=O) groups is 4. The van der Waals surface area contributed by atoms with E-state index in [0.717, 1.165) is 15.3 Å². The summed E-state index contributed by atoms with van der Waals surface area (Å²) in [7, 11) is 0. The summed E-state index contributed by atoms with van der Waals surface area (Å²) in [6.07, 6.45) is -0.596. The van der Waals surface area contributed by atoms with Crippen LogP contribution in [0.25, 0.3) is 11.3 Å². The molecular weight excluding hydrogens is 456 g/mol. The minimum atomic E-state index is -0.554. The first kappa shape index (κ1) is 21.8. The van der Waals surface area contributed by atoms with Gasteiger partial charge in [-0.05, 0) is 44.2 Å². The van der Waals surface area contributed by atoms with Crippen LogP contribution >= 0.6 is 11.3 Å². The molecule has 1 unspecified atom stereocenters. The van der Waals surface area contributed by atoms with Crippen molar-refractivity contribution >= 4 is 45.8 Å². The van der Waals surface area contributed by atoms with E-state index < -0.39 is 17.9 Å². The standard InChI is InChI=1S/C24H20N4O5S/c1-12-21(30)25-17-11-14(7-8-18(17)33-12)20-13(2)34-24(27-20)26-19(29)9-10-28-22(31)15-5-3-4-6-16(15)23(28)32/h3-8,11-12H,9-10H2,1-2H3,(H,25,30)(H,26,27,29). The lowest BCUT2D eigenvalue weighted by Gasteiger charge is -2.23. The maximum atomic E-state index is 12.5. The van der Waals surface area contributed by atoms with Gasteiger partial charge >= 0.3 is 0 Å². The molecule has 1 atom stereocenters. The Morgan fingerprint density at radius 3 is 2.56 bits per heavy atom. The number of carbonyl (C=O) groups excluding carboxylic acids is 4. The van der Waals surface area contributed by atoms with Crippen molar-refractivity contribution in [2.75, 3.05) is 17.2 Å². The monoisotopic (exact) mass is 476 g/mol. The molecule has 5 rings (SSSR count). The summed E-state index contributed by atoms with van der Waals surface area (Å²) < 4.78 is 5.59. The molecule has 0 fully saturated rings. The molecule has 3 heterocycles. The first-order chi connectivity index (χ1) is 16.3. The lowest BCUT2D eigenvalue weighted by Crippen LogP contribution is -2.34. The van der Waals surface area contributed by atoms with Gasteiger partial charge in [0.05, 0.1) is 22.5 Å². The average Bonchev–Trinajstić information content (AvgIpc) is 3.29. The Morgan fingerprint density at radius 2 is 1.85 bits per heavy atom.